The van der Waals surface area contributed by atoms with Crippen LogP contribution >= 0.6 is 0 Å². The van der Waals surface area contributed by atoms with Crippen LogP contribution in [0.25, 0.3) is 5.95 Å². The van der Waals surface area contributed by atoms with E-state index < -0.39 is 0 Å². The third-order valence-electron chi connectivity index (χ3n) is 5.80. The second kappa shape index (κ2) is 9.35. The van der Waals surface area contributed by atoms with Crippen molar-refractivity contribution in [2.24, 2.45) is 0 Å². The minimum absolute atomic E-state index is 0.100. The molecular formula is C26H25N5O3. The maximum absolute atomic E-state index is 13.1. The first-order chi connectivity index (χ1) is 16.6. The van der Waals surface area contributed by atoms with Crippen molar-refractivity contribution < 1.29 is 14.3 Å². The Bertz CT molecular complexity index is 1320. The number of amides is 1. The molecule has 2 aromatic carbocycles. The molecule has 0 saturated carbocycles. The predicted octanol–water partition coefficient (Wildman–Crippen LogP) is 3.76. The van der Waals surface area contributed by atoms with Crippen molar-refractivity contribution in [1.29, 1.82) is 0 Å². The highest BCUT2D eigenvalue weighted by atomic mass is 16.5. The molecule has 0 aliphatic carbocycles. The lowest BCUT2D eigenvalue weighted by Gasteiger charge is -2.28. The van der Waals surface area contributed by atoms with Gasteiger partial charge in [-0.3, -0.25) is 4.79 Å². The molecule has 0 saturated heterocycles. The van der Waals surface area contributed by atoms with Crippen LogP contribution in [0.1, 0.15) is 32.9 Å². The molecule has 4 aromatic rings. The van der Waals surface area contributed by atoms with E-state index in [2.05, 4.69) is 27.2 Å². The third kappa shape index (κ3) is 4.61. The van der Waals surface area contributed by atoms with Gasteiger partial charge in [-0.25, -0.2) is 9.67 Å². The number of rotatable bonds is 6. The highest BCUT2D eigenvalue weighted by molar-refractivity contribution is 5.92. The molecule has 2 aromatic heterocycles. The van der Waals surface area contributed by atoms with Crippen molar-refractivity contribution in [3.63, 3.8) is 0 Å². The Morgan fingerprint density at radius 2 is 1.82 bits per heavy atom. The minimum Gasteiger partial charge on any atom is -0.497 e. The standard InChI is InChI=1S/C26H25N5O3/c1-18-15-24(34-17-19-7-9-22(33-2)10-8-19)28-26(27-18)31-14-12-23(29-31)25(32)30-13-11-20-5-3-4-6-21(20)16-30/h3-10,12,14-15H,11,13,16-17H2,1-2H3. The van der Waals surface area contributed by atoms with Crippen LogP contribution in [-0.2, 0) is 19.6 Å². The Morgan fingerprint density at radius 1 is 1.03 bits per heavy atom. The largest absolute Gasteiger partial charge is 0.497 e. The Balaban J connectivity index is 1.29. The van der Waals surface area contributed by atoms with Crippen molar-refractivity contribution in [1.82, 2.24) is 24.6 Å². The number of aryl methyl sites for hydroxylation is 1. The van der Waals surface area contributed by atoms with Gasteiger partial charge in [0.15, 0.2) is 5.69 Å². The second-order valence-corrected chi connectivity index (χ2v) is 8.18. The van der Waals surface area contributed by atoms with Crippen LogP contribution in [0.4, 0.5) is 0 Å². The summed E-state index contributed by atoms with van der Waals surface area (Å²) in [4.78, 5) is 23.8. The van der Waals surface area contributed by atoms with E-state index >= 15 is 0 Å². The molecule has 0 radical (unpaired) electrons. The molecule has 5 rings (SSSR count). The summed E-state index contributed by atoms with van der Waals surface area (Å²) in [6.45, 7) is 3.49. The van der Waals surface area contributed by atoms with Crippen LogP contribution in [-0.4, -0.2) is 44.2 Å². The van der Waals surface area contributed by atoms with Crippen LogP contribution in [0, 0.1) is 6.92 Å². The zero-order valence-electron chi connectivity index (χ0n) is 19.1. The van der Waals surface area contributed by atoms with E-state index in [-0.39, 0.29) is 5.91 Å². The van der Waals surface area contributed by atoms with Crippen molar-refractivity contribution in [2.75, 3.05) is 13.7 Å². The van der Waals surface area contributed by atoms with E-state index in [0.29, 0.717) is 37.2 Å². The van der Waals surface area contributed by atoms with Gasteiger partial charge in [0.1, 0.15) is 12.4 Å². The van der Waals surface area contributed by atoms with Gasteiger partial charge in [0.2, 0.25) is 5.88 Å². The van der Waals surface area contributed by atoms with Gasteiger partial charge in [0.25, 0.3) is 11.9 Å². The van der Waals surface area contributed by atoms with Crippen molar-refractivity contribution >= 4 is 5.91 Å². The molecule has 8 nitrogen and oxygen atoms in total. The number of carbonyl (C=O) groups is 1. The second-order valence-electron chi connectivity index (χ2n) is 8.18. The van der Waals surface area contributed by atoms with Crippen LogP contribution < -0.4 is 9.47 Å². The van der Waals surface area contributed by atoms with E-state index in [1.54, 1.807) is 25.4 Å². The van der Waals surface area contributed by atoms with Crippen molar-refractivity contribution in [2.45, 2.75) is 26.5 Å². The van der Waals surface area contributed by atoms with Crippen LogP contribution in [0.5, 0.6) is 11.6 Å². The Kier molecular flexibility index (Phi) is 5.95. The first kappa shape index (κ1) is 21.6. The van der Waals surface area contributed by atoms with Crippen LogP contribution in [0.15, 0.2) is 66.9 Å². The van der Waals surface area contributed by atoms with Gasteiger partial charge in [0.05, 0.1) is 7.11 Å². The average molecular weight is 456 g/mol. The number of benzene rings is 2. The molecule has 1 aliphatic rings. The van der Waals surface area contributed by atoms with Gasteiger partial charge in [-0.05, 0) is 48.2 Å². The average Bonchev–Trinajstić information content (AvgIpc) is 3.37. The van der Waals surface area contributed by atoms with E-state index in [4.69, 9.17) is 9.47 Å². The number of hydrogen-bond donors (Lipinski definition) is 0. The van der Waals surface area contributed by atoms with Gasteiger partial charge in [-0.15, -0.1) is 0 Å². The molecule has 0 spiro atoms. The fourth-order valence-corrected chi connectivity index (χ4v) is 3.96. The maximum Gasteiger partial charge on any atom is 0.274 e. The summed E-state index contributed by atoms with van der Waals surface area (Å²) in [6.07, 6.45) is 2.55. The Hall–Kier alpha value is -4.20. The Labute approximate surface area is 197 Å². The minimum atomic E-state index is -0.100. The molecule has 34 heavy (non-hydrogen) atoms. The van der Waals surface area contributed by atoms with Crippen molar-refractivity contribution in [3.05, 3.63) is 94.9 Å². The molecular weight excluding hydrogens is 430 g/mol. The number of fused-ring (bicyclic) bond motifs is 1. The molecule has 0 bridgehead atoms. The molecule has 0 atom stereocenters. The summed E-state index contributed by atoms with van der Waals surface area (Å²) in [5.41, 5.74) is 4.58. The number of aromatic nitrogens is 4. The highest BCUT2D eigenvalue weighted by Crippen LogP contribution is 2.21. The summed E-state index contributed by atoms with van der Waals surface area (Å²) < 4.78 is 12.6. The molecule has 172 valence electrons. The van der Waals surface area contributed by atoms with E-state index in [1.165, 1.54) is 15.8 Å². The summed E-state index contributed by atoms with van der Waals surface area (Å²) in [6, 6.07) is 19.4. The van der Waals surface area contributed by atoms with Gasteiger partial charge < -0.3 is 14.4 Å². The summed E-state index contributed by atoms with van der Waals surface area (Å²) in [5.74, 6) is 1.49. The predicted molar refractivity (Wildman–Crippen MR) is 126 cm³/mol. The maximum atomic E-state index is 13.1. The topological polar surface area (TPSA) is 82.4 Å². The smallest absolute Gasteiger partial charge is 0.274 e. The summed E-state index contributed by atoms with van der Waals surface area (Å²) in [5, 5.41) is 4.46. The monoisotopic (exact) mass is 455 g/mol. The summed E-state index contributed by atoms with van der Waals surface area (Å²) in [7, 11) is 1.64. The Morgan fingerprint density at radius 3 is 2.62 bits per heavy atom. The van der Waals surface area contributed by atoms with Gasteiger partial charge in [-0.1, -0.05) is 36.4 Å². The molecule has 8 heteroatoms. The molecule has 1 aliphatic heterocycles. The van der Waals surface area contributed by atoms with Gasteiger partial charge in [0, 0.05) is 31.0 Å². The van der Waals surface area contributed by atoms with Gasteiger partial charge >= 0.3 is 0 Å². The molecule has 1 amide bonds. The lowest BCUT2D eigenvalue weighted by molar-refractivity contribution is 0.0728. The number of carbonyl (C=O) groups excluding carboxylic acids is 1. The van der Waals surface area contributed by atoms with Gasteiger partial charge in [-0.2, -0.15) is 10.1 Å². The lowest BCUT2D eigenvalue weighted by atomic mass is 10.00. The highest BCUT2D eigenvalue weighted by Gasteiger charge is 2.23. The first-order valence-corrected chi connectivity index (χ1v) is 11.1. The van der Waals surface area contributed by atoms with E-state index in [9.17, 15) is 4.79 Å². The van der Waals surface area contributed by atoms with E-state index in [1.807, 2.05) is 48.2 Å². The number of methoxy groups -OCH3 is 1. The molecule has 0 N–H and O–H groups in total. The fourth-order valence-electron chi connectivity index (χ4n) is 3.96. The lowest BCUT2D eigenvalue weighted by Crippen LogP contribution is -2.36. The quantitative estimate of drug-likeness (QED) is 0.440. The van der Waals surface area contributed by atoms with Crippen LogP contribution in [0.3, 0.4) is 0 Å². The zero-order valence-corrected chi connectivity index (χ0v) is 19.1. The SMILES string of the molecule is COc1ccc(COc2cc(C)nc(-n3ccc(C(=O)N4CCc5ccccc5C4)n3)n2)cc1. The molecule has 0 fully saturated rings. The van der Waals surface area contributed by atoms with Crippen molar-refractivity contribution in [3.8, 4) is 17.6 Å². The van der Waals surface area contributed by atoms with E-state index in [0.717, 1.165) is 23.4 Å². The molecule has 0 unspecified atom stereocenters. The first-order valence-electron chi connectivity index (χ1n) is 11.1. The number of nitrogens with zero attached hydrogens (tertiary/aromatic N) is 5. The molecule has 3 heterocycles. The number of ether oxygens (including phenoxy) is 2. The normalized spacial score (nSPS) is 12.8. The van der Waals surface area contributed by atoms with Crippen LogP contribution in [0.2, 0.25) is 0 Å². The fraction of sp³-hybridized carbons (Fsp3) is 0.231. The third-order valence-corrected chi connectivity index (χ3v) is 5.80. The summed E-state index contributed by atoms with van der Waals surface area (Å²) >= 11 is 0. The zero-order chi connectivity index (χ0) is 23.5. The number of hydrogen-bond acceptors (Lipinski definition) is 6.